The molecule has 0 atom stereocenters. The molecule has 0 saturated carbocycles. The molecule has 0 aliphatic carbocycles. The van der Waals surface area contributed by atoms with Crippen LogP contribution in [0.4, 0.5) is 5.69 Å². The lowest BCUT2D eigenvalue weighted by Gasteiger charge is -2.36. The van der Waals surface area contributed by atoms with Gasteiger partial charge in [-0.2, -0.15) is 0 Å². The first-order valence-corrected chi connectivity index (χ1v) is 8.70. The Hall–Kier alpha value is -1.30. The molecule has 1 fully saturated rings. The summed E-state index contributed by atoms with van der Waals surface area (Å²) in [5.41, 5.74) is 1.50. The fourth-order valence-corrected chi connectivity index (χ4v) is 3.31. The maximum Gasteiger partial charge on any atom is 0.255 e. The largest absolute Gasteiger partial charge is 0.367 e. The van der Waals surface area contributed by atoms with E-state index in [1.807, 2.05) is 12.3 Å². The van der Waals surface area contributed by atoms with Crippen LogP contribution in [0.25, 0.3) is 0 Å². The number of anilines is 1. The van der Waals surface area contributed by atoms with Crippen molar-refractivity contribution in [3.63, 3.8) is 0 Å². The Labute approximate surface area is 153 Å². The number of aromatic nitrogens is 1. The van der Waals surface area contributed by atoms with Crippen LogP contribution in [0.2, 0.25) is 10.0 Å². The molecule has 1 amide bonds. The number of piperazine rings is 1. The van der Waals surface area contributed by atoms with Gasteiger partial charge in [-0.1, -0.05) is 29.3 Å². The maximum atomic E-state index is 12.6. The summed E-state index contributed by atoms with van der Waals surface area (Å²) in [4.78, 5) is 20.8. The second-order valence-corrected chi connectivity index (χ2v) is 6.94. The van der Waals surface area contributed by atoms with Crippen LogP contribution >= 0.6 is 39.1 Å². The number of carbonyl (C=O) groups excluding carboxylic acids is 1. The predicted octanol–water partition coefficient (Wildman–Crippen LogP) is 4.11. The maximum absolute atomic E-state index is 12.6. The Balaban J connectivity index is 1.69. The first kappa shape index (κ1) is 16.6. The highest BCUT2D eigenvalue weighted by molar-refractivity contribution is 9.10. The van der Waals surface area contributed by atoms with Crippen LogP contribution in [-0.4, -0.2) is 42.0 Å². The molecular formula is C16H14BrCl2N3O. The van der Waals surface area contributed by atoms with Gasteiger partial charge >= 0.3 is 0 Å². The molecule has 1 aromatic heterocycles. The number of carbonyl (C=O) groups is 1. The van der Waals surface area contributed by atoms with Gasteiger partial charge in [0.05, 0.1) is 27.5 Å². The highest BCUT2D eigenvalue weighted by Gasteiger charge is 2.24. The van der Waals surface area contributed by atoms with E-state index in [9.17, 15) is 4.79 Å². The topological polar surface area (TPSA) is 36.4 Å². The van der Waals surface area contributed by atoms with Gasteiger partial charge in [-0.25, -0.2) is 0 Å². The van der Waals surface area contributed by atoms with Gasteiger partial charge in [0.2, 0.25) is 0 Å². The van der Waals surface area contributed by atoms with E-state index in [-0.39, 0.29) is 5.91 Å². The van der Waals surface area contributed by atoms with Crippen molar-refractivity contribution in [2.45, 2.75) is 0 Å². The molecule has 1 aliphatic heterocycles. The number of pyridine rings is 1. The number of nitrogens with zero attached hydrogens (tertiary/aromatic N) is 3. The molecule has 0 spiro atoms. The summed E-state index contributed by atoms with van der Waals surface area (Å²) in [5, 5.41) is 0.717. The molecule has 1 aliphatic rings. The summed E-state index contributed by atoms with van der Waals surface area (Å²) in [5.74, 6) is -0.0792. The number of rotatable bonds is 2. The summed E-state index contributed by atoms with van der Waals surface area (Å²) in [7, 11) is 0. The molecule has 23 heavy (non-hydrogen) atoms. The quantitative estimate of drug-likeness (QED) is 0.741. The van der Waals surface area contributed by atoms with E-state index in [1.165, 1.54) is 0 Å². The molecule has 2 aromatic rings. The van der Waals surface area contributed by atoms with E-state index < -0.39 is 0 Å². The average molecular weight is 415 g/mol. The molecule has 1 aromatic carbocycles. The predicted molar refractivity (Wildman–Crippen MR) is 96.5 cm³/mol. The lowest BCUT2D eigenvalue weighted by molar-refractivity contribution is 0.0747. The van der Waals surface area contributed by atoms with E-state index in [0.29, 0.717) is 28.7 Å². The van der Waals surface area contributed by atoms with Crippen LogP contribution in [-0.2, 0) is 0 Å². The van der Waals surface area contributed by atoms with Crippen molar-refractivity contribution >= 4 is 50.7 Å². The zero-order valence-corrected chi connectivity index (χ0v) is 15.3. The molecule has 0 unspecified atom stereocenters. The van der Waals surface area contributed by atoms with Gasteiger partial charge in [0.25, 0.3) is 5.91 Å². The van der Waals surface area contributed by atoms with Crippen molar-refractivity contribution in [2.75, 3.05) is 31.1 Å². The minimum atomic E-state index is -0.0792. The van der Waals surface area contributed by atoms with Crippen molar-refractivity contribution in [1.29, 1.82) is 0 Å². The third-order valence-electron chi connectivity index (χ3n) is 3.80. The number of amides is 1. The lowest BCUT2D eigenvalue weighted by atomic mass is 10.1. The van der Waals surface area contributed by atoms with Crippen LogP contribution in [0.15, 0.2) is 41.1 Å². The summed E-state index contributed by atoms with van der Waals surface area (Å²) >= 11 is 15.6. The van der Waals surface area contributed by atoms with Crippen LogP contribution in [0.5, 0.6) is 0 Å². The van der Waals surface area contributed by atoms with Crippen molar-refractivity contribution in [1.82, 2.24) is 9.88 Å². The van der Waals surface area contributed by atoms with E-state index in [2.05, 4.69) is 25.8 Å². The molecule has 0 N–H and O–H groups in total. The van der Waals surface area contributed by atoms with Gasteiger partial charge in [-0.15, -0.1) is 0 Å². The Morgan fingerprint density at radius 1 is 1.13 bits per heavy atom. The van der Waals surface area contributed by atoms with Crippen molar-refractivity contribution in [3.05, 3.63) is 56.7 Å². The minimum absolute atomic E-state index is 0.0792. The second kappa shape index (κ2) is 7.07. The minimum Gasteiger partial charge on any atom is -0.367 e. The third kappa shape index (κ3) is 3.62. The summed E-state index contributed by atoms with van der Waals surface area (Å²) in [6.45, 7) is 2.77. The standard InChI is InChI=1S/C16H14BrCl2N3O/c17-11-8-12(10-20-9-11)21-4-6-22(7-5-21)16(23)13-2-1-3-14(18)15(13)19/h1-3,8-10H,4-7H2. The first-order valence-electron chi connectivity index (χ1n) is 7.15. The lowest BCUT2D eigenvalue weighted by Crippen LogP contribution is -2.48. The van der Waals surface area contributed by atoms with Gasteiger partial charge in [0.1, 0.15) is 0 Å². The van der Waals surface area contributed by atoms with Crippen LogP contribution in [0.3, 0.4) is 0 Å². The van der Waals surface area contributed by atoms with E-state index >= 15 is 0 Å². The Morgan fingerprint density at radius 3 is 2.57 bits per heavy atom. The van der Waals surface area contributed by atoms with E-state index in [1.54, 1.807) is 29.3 Å². The van der Waals surface area contributed by atoms with E-state index in [4.69, 9.17) is 23.2 Å². The van der Waals surface area contributed by atoms with Gasteiger partial charge in [-0.05, 0) is 34.1 Å². The SMILES string of the molecule is O=C(c1cccc(Cl)c1Cl)N1CCN(c2cncc(Br)c2)CC1. The number of benzene rings is 1. The monoisotopic (exact) mass is 413 g/mol. The second-order valence-electron chi connectivity index (χ2n) is 5.24. The van der Waals surface area contributed by atoms with Crippen molar-refractivity contribution in [3.8, 4) is 0 Å². The number of hydrogen-bond donors (Lipinski definition) is 0. The Morgan fingerprint density at radius 2 is 1.87 bits per heavy atom. The van der Waals surface area contributed by atoms with Crippen LogP contribution in [0.1, 0.15) is 10.4 Å². The molecular weight excluding hydrogens is 401 g/mol. The first-order chi connectivity index (χ1) is 11.1. The highest BCUT2D eigenvalue weighted by atomic mass is 79.9. The normalized spacial score (nSPS) is 14.9. The smallest absolute Gasteiger partial charge is 0.255 e. The number of halogens is 3. The molecule has 0 bridgehead atoms. The number of hydrogen-bond acceptors (Lipinski definition) is 3. The van der Waals surface area contributed by atoms with Gasteiger partial charge in [-0.3, -0.25) is 9.78 Å². The Kier molecular flexibility index (Phi) is 5.09. The molecule has 3 rings (SSSR count). The van der Waals surface area contributed by atoms with Crippen molar-refractivity contribution in [2.24, 2.45) is 0 Å². The molecule has 7 heteroatoms. The molecule has 2 heterocycles. The van der Waals surface area contributed by atoms with Gasteiger partial charge in [0.15, 0.2) is 0 Å². The van der Waals surface area contributed by atoms with Gasteiger partial charge in [0, 0.05) is 36.8 Å². The average Bonchev–Trinajstić information content (AvgIpc) is 2.57. The Bertz CT molecular complexity index is 733. The third-order valence-corrected chi connectivity index (χ3v) is 5.06. The highest BCUT2D eigenvalue weighted by Crippen LogP contribution is 2.27. The van der Waals surface area contributed by atoms with Crippen LogP contribution < -0.4 is 4.90 Å². The van der Waals surface area contributed by atoms with Crippen LogP contribution in [0, 0.1) is 0 Å². The fraction of sp³-hybridized carbons (Fsp3) is 0.250. The molecule has 0 radical (unpaired) electrons. The zero-order chi connectivity index (χ0) is 16.4. The molecule has 120 valence electrons. The zero-order valence-electron chi connectivity index (χ0n) is 12.2. The summed E-state index contributed by atoms with van der Waals surface area (Å²) < 4.78 is 0.944. The summed E-state index contributed by atoms with van der Waals surface area (Å²) in [6, 6.07) is 7.16. The summed E-state index contributed by atoms with van der Waals surface area (Å²) in [6.07, 6.45) is 3.58. The van der Waals surface area contributed by atoms with E-state index in [0.717, 1.165) is 23.2 Å². The fourth-order valence-electron chi connectivity index (χ4n) is 2.58. The van der Waals surface area contributed by atoms with Gasteiger partial charge < -0.3 is 9.80 Å². The molecule has 1 saturated heterocycles. The molecule has 4 nitrogen and oxygen atoms in total. The van der Waals surface area contributed by atoms with Crippen molar-refractivity contribution < 1.29 is 4.79 Å².